The van der Waals surface area contributed by atoms with Gasteiger partial charge in [0.1, 0.15) is 5.82 Å². The van der Waals surface area contributed by atoms with E-state index in [9.17, 15) is 0 Å². The highest BCUT2D eigenvalue weighted by Gasteiger charge is 2.26. The van der Waals surface area contributed by atoms with Crippen molar-refractivity contribution in [1.82, 2.24) is 15.3 Å². The van der Waals surface area contributed by atoms with Crippen LogP contribution in [0.1, 0.15) is 5.56 Å². The van der Waals surface area contributed by atoms with Crippen LogP contribution >= 0.6 is 0 Å². The topological polar surface area (TPSA) is 67.1 Å². The molecule has 5 heteroatoms. The van der Waals surface area contributed by atoms with Crippen LogP contribution in [-0.4, -0.2) is 36.1 Å². The molecule has 0 amide bonds. The van der Waals surface area contributed by atoms with Gasteiger partial charge in [-0.1, -0.05) is 23.8 Å². The number of hydrogen-bond donors (Lipinski definition) is 2. The van der Waals surface area contributed by atoms with Gasteiger partial charge in [0.25, 0.3) is 0 Å². The van der Waals surface area contributed by atoms with E-state index in [1.54, 1.807) is 0 Å². The molecule has 3 rings (SSSR count). The second-order valence-corrected chi connectivity index (χ2v) is 5.23. The van der Waals surface area contributed by atoms with Crippen LogP contribution in [0.5, 0.6) is 0 Å². The van der Waals surface area contributed by atoms with Crippen molar-refractivity contribution in [2.75, 3.05) is 30.8 Å². The lowest BCUT2D eigenvalue weighted by Gasteiger charge is -2.40. The number of benzene rings is 1. The molecule has 0 saturated carbocycles. The fourth-order valence-electron chi connectivity index (χ4n) is 2.42. The van der Waals surface area contributed by atoms with E-state index in [-0.39, 0.29) is 0 Å². The molecule has 1 aromatic carbocycles. The van der Waals surface area contributed by atoms with Crippen molar-refractivity contribution < 1.29 is 0 Å². The van der Waals surface area contributed by atoms with E-state index in [0.29, 0.717) is 12.0 Å². The van der Waals surface area contributed by atoms with Crippen LogP contribution in [0.15, 0.2) is 30.3 Å². The molecule has 0 unspecified atom stereocenters. The summed E-state index contributed by atoms with van der Waals surface area (Å²) in [7, 11) is 1.98. The van der Waals surface area contributed by atoms with E-state index in [2.05, 4.69) is 39.2 Å². The molecule has 5 nitrogen and oxygen atoms in total. The molecular formula is C15H19N5. The maximum Gasteiger partial charge on any atom is 0.222 e. The highest BCUT2D eigenvalue weighted by Crippen LogP contribution is 2.25. The Bertz CT molecular complexity index is 619. The monoisotopic (exact) mass is 269 g/mol. The molecule has 1 fully saturated rings. The summed E-state index contributed by atoms with van der Waals surface area (Å²) in [5, 5.41) is 3.25. The SMILES string of the molecule is CNC1CN(c2cc(-c3cccc(C)c3)nc(N)n2)C1. The Hall–Kier alpha value is -2.14. The van der Waals surface area contributed by atoms with Crippen molar-refractivity contribution in [3.05, 3.63) is 35.9 Å². The molecule has 1 aromatic heterocycles. The first-order valence-corrected chi connectivity index (χ1v) is 6.79. The normalized spacial score (nSPS) is 15.2. The zero-order valence-corrected chi connectivity index (χ0v) is 11.8. The van der Waals surface area contributed by atoms with E-state index in [4.69, 9.17) is 5.73 Å². The Balaban J connectivity index is 1.91. The third kappa shape index (κ3) is 2.44. The van der Waals surface area contributed by atoms with Gasteiger partial charge in [0, 0.05) is 30.8 Å². The van der Waals surface area contributed by atoms with E-state index >= 15 is 0 Å². The number of likely N-dealkylation sites (N-methyl/N-ethyl adjacent to an activating group) is 1. The minimum absolute atomic E-state index is 0.326. The number of nitrogens with one attached hydrogen (secondary N) is 1. The van der Waals surface area contributed by atoms with Gasteiger partial charge >= 0.3 is 0 Å². The zero-order chi connectivity index (χ0) is 14.1. The lowest BCUT2D eigenvalue weighted by Crippen LogP contribution is -2.57. The van der Waals surface area contributed by atoms with E-state index in [1.807, 2.05) is 25.2 Å². The molecule has 0 aliphatic carbocycles. The van der Waals surface area contributed by atoms with Crippen LogP contribution in [-0.2, 0) is 0 Å². The highest BCUT2D eigenvalue weighted by molar-refractivity contribution is 5.65. The van der Waals surface area contributed by atoms with Gasteiger partial charge in [-0.15, -0.1) is 0 Å². The number of nitrogens with zero attached hydrogens (tertiary/aromatic N) is 3. The van der Waals surface area contributed by atoms with Gasteiger partial charge < -0.3 is 16.0 Å². The van der Waals surface area contributed by atoms with Crippen molar-refractivity contribution in [2.24, 2.45) is 0 Å². The molecule has 20 heavy (non-hydrogen) atoms. The Labute approximate surface area is 118 Å². The maximum atomic E-state index is 5.85. The number of anilines is 2. The van der Waals surface area contributed by atoms with Crippen LogP contribution in [0.2, 0.25) is 0 Å². The molecule has 1 aliphatic heterocycles. The van der Waals surface area contributed by atoms with E-state index in [1.165, 1.54) is 5.56 Å². The number of nitrogen functional groups attached to an aromatic ring is 1. The summed E-state index contributed by atoms with van der Waals surface area (Å²) < 4.78 is 0. The fraction of sp³-hybridized carbons (Fsp3) is 0.333. The minimum atomic E-state index is 0.326. The second kappa shape index (κ2) is 5.09. The Morgan fingerprint density at radius 2 is 2.05 bits per heavy atom. The molecule has 0 spiro atoms. The summed E-state index contributed by atoms with van der Waals surface area (Å²) in [6.07, 6.45) is 0. The summed E-state index contributed by atoms with van der Waals surface area (Å²) in [6, 6.07) is 10.8. The van der Waals surface area contributed by atoms with Gasteiger partial charge in [-0.3, -0.25) is 0 Å². The predicted molar refractivity (Wildman–Crippen MR) is 81.7 cm³/mol. The van der Waals surface area contributed by atoms with Gasteiger partial charge in [0.15, 0.2) is 0 Å². The van der Waals surface area contributed by atoms with Crippen LogP contribution in [0.3, 0.4) is 0 Å². The van der Waals surface area contributed by atoms with Crippen molar-refractivity contribution >= 4 is 11.8 Å². The maximum absolute atomic E-state index is 5.85. The highest BCUT2D eigenvalue weighted by atomic mass is 15.3. The van der Waals surface area contributed by atoms with Crippen molar-refractivity contribution in [1.29, 1.82) is 0 Å². The molecule has 104 valence electrons. The van der Waals surface area contributed by atoms with E-state index < -0.39 is 0 Å². The predicted octanol–water partition coefficient (Wildman–Crippen LogP) is 1.44. The molecule has 1 aliphatic rings. The lowest BCUT2D eigenvalue weighted by molar-refractivity contribution is 0.447. The van der Waals surface area contributed by atoms with Crippen molar-refractivity contribution in [3.8, 4) is 11.3 Å². The van der Waals surface area contributed by atoms with E-state index in [0.717, 1.165) is 30.2 Å². The largest absolute Gasteiger partial charge is 0.368 e. The molecule has 2 aromatic rings. The third-order valence-corrected chi connectivity index (χ3v) is 3.66. The van der Waals surface area contributed by atoms with Crippen LogP contribution in [0.4, 0.5) is 11.8 Å². The summed E-state index contributed by atoms with van der Waals surface area (Å²) >= 11 is 0. The average Bonchev–Trinajstić information content (AvgIpc) is 2.37. The Kier molecular flexibility index (Phi) is 3.28. The number of hydrogen-bond acceptors (Lipinski definition) is 5. The van der Waals surface area contributed by atoms with Crippen LogP contribution < -0.4 is 16.0 Å². The average molecular weight is 269 g/mol. The van der Waals surface area contributed by atoms with Crippen LogP contribution in [0.25, 0.3) is 11.3 Å². The van der Waals surface area contributed by atoms with Gasteiger partial charge in [-0.2, -0.15) is 4.98 Å². The molecular weight excluding hydrogens is 250 g/mol. The minimum Gasteiger partial charge on any atom is -0.368 e. The fourth-order valence-corrected chi connectivity index (χ4v) is 2.42. The standard InChI is InChI=1S/C15H19N5/c1-10-4-3-5-11(6-10)13-7-14(19-15(16)18-13)20-8-12(9-20)17-2/h3-7,12,17H,8-9H2,1-2H3,(H2,16,18,19). The van der Waals surface area contributed by atoms with Crippen molar-refractivity contribution in [2.45, 2.75) is 13.0 Å². The van der Waals surface area contributed by atoms with Gasteiger partial charge in [-0.25, -0.2) is 4.98 Å². The lowest BCUT2D eigenvalue weighted by atomic mass is 10.1. The summed E-state index contributed by atoms with van der Waals surface area (Å²) in [5.41, 5.74) is 9.02. The number of rotatable bonds is 3. The van der Waals surface area contributed by atoms with Gasteiger partial charge in [0.05, 0.1) is 5.69 Å². The molecule has 2 heterocycles. The molecule has 0 radical (unpaired) electrons. The Morgan fingerprint density at radius 3 is 2.75 bits per heavy atom. The molecule has 1 saturated heterocycles. The molecule has 3 N–H and O–H groups in total. The summed E-state index contributed by atoms with van der Waals surface area (Å²) in [6.45, 7) is 3.99. The summed E-state index contributed by atoms with van der Waals surface area (Å²) in [5.74, 6) is 1.23. The zero-order valence-electron chi connectivity index (χ0n) is 11.8. The van der Waals surface area contributed by atoms with Gasteiger partial charge in [0.2, 0.25) is 5.95 Å². The molecule has 0 atom stereocenters. The van der Waals surface area contributed by atoms with Crippen LogP contribution in [0, 0.1) is 6.92 Å². The first kappa shape index (κ1) is 12.9. The first-order valence-electron chi connectivity index (χ1n) is 6.79. The first-order chi connectivity index (χ1) is 9.65. The quantitative estimate of drug-likeness (QED) is 0.882. The number of nitrogens with two attached hydrogens (primary N) is 1. The van der Waals surface area contributed by atoms with Gasteiger partial charge in [-0.05, 0) is 20.0 Å². The number of aryl methyl sites for hydroxylation is 1. The summed E-state index contributed by atoms with van der Waals surface area (Å²) in [4.78, 5) is 10.9. The molecule has 0 bridgehead atoms. The Morgan fingerprint density at radius 1 is 1.25 bits per heavy atom. The number of aromatic nitrogens is 2. The second-order valence-electron chi connectivity index (χ2n) is 5.23. The van der Waals surface area contributed by atoms with Crippen molar-refractivity contribution in [3.63, 3.8) is 0 Å². The smallest absolute Gasteiger partial charge is 0.222 e. The third-order valence-electron chi connectivity index (χ3n) is 3.66.